The van der Waals surface area contributed by atoms with E-state index in [4.69, 9.17) is 5.11 Å². The molecule has 1 N–H and O–H groups in total. The predicted molar refractivity (Wildman–Crippen MR) is 78.2 cm³/mol. The Hall–Kier alpha value is -1.35. The number of carboxylic acids is 1. The van der Waals surface area contributed by atoms with Crippen molar-refractivity contribution in [3.05, 3.63) is 35.4 Å². The van der Waals surface area contributed by atoms with Gasteiger partial charge >= 0.3 is 5.97 Å². The van der Waals surface area contributed by atoms with Crippen molar-refractivity contribution in [3.8, 4) is 0 Å². The van der Waals surface area contributed by atoms with E-state index >= 15 is 0 Å². The number of nitrogens with zero attached hydrogens (tertiary/aromatic N) is 1. The number of hydrogen-bond acceptors (Lipinski definition) is 2. The zero-order chi connectivity index (χ0) is 14.3. The van der Waals surface area contributed by atoms with Crippen molar-refractivity contribution in [2.45, 2.75) is 40.2 Å². The summed E-state index contributed by atoms with van der Waals surface area (Å²) in [5.74, 6) is -0.0639. The summed E-state index contributed by atoms with van der Waals surface area (Å²) in [6.07, 6.45) is 1.30. The highest BCUT2D eigenvalue weighted by molar-refractivity contribution is 5.70. The van der Waals surface area contributed by atoms with Crippen LogP contribution in [-0.4, -0.2) is 29.1 Å². The Bertz CT molecular complexity index is 386. The second-order valence-corrected chi connectivity index (χ2v) is 5.23. The standard InChI is InChI=1S/C16H25NO2/c1-4-13(3)11-17(5-2)12-15-8-6-14(7-9-15)10-16(18)19/h6-9,13H,4-5,10-12H2,1-3H3,(H,18,19). The Morgan fingerprint density at radius 3 is 2.26 bits per heavy atom. The van der Waals surface area contributed by atoms with Crippen LogP contribution in [0.5, 0.6) is 0 Å². The first-order valence-electron chi connectivity index (χ1n) is 7.07. The number of hydrogen-bond donors (Lipinski definition) is 1. The summed E-state index contributed by atoms with van der Waals surface area (Å²) in [7, 11) is 0. The number of carbonyl (C=O) groups is 1. The molecule has 3 heteroatoms. The van der Waals surface area contributed by atoms with Crippen molar-refractivity contribution in [3.63, 3.8) is 0 Å². The van der Waals surface area contributed by atoms with Gasteiger partial charge in [0.2, 0.25) is 0 Å². The first-order chi connectivity index (χ1) is 9.05. The highest BCUT2D eigenvalue weighted by Crippen LogP contribution is 2.11. The summed E-state index contributed by atoms with van der Waals surface area (Å²) in [6.45, 7) is 9.78. The minimum absolute atomic E-state index is 0.102. The Labute approximate surface area is 116 Å². The number of aliphatic carboxylic acids is 1. The van der Waals surface area contributed by atoms with Crippen LogP contribution in [0.4, 0.5) is 0 Å². The molecule has 1 rings (SSSR count). The van der Waals surface area contributed by atoms with Crippen LogP contribution in [0.2, 0.25) is 0 Å². The molecule has 0 radical (unpaired) electrons. The Morgan fingerprint density at radius 1 is 1.21 bits per heavy atom. The molecule has 0 aliphatic carbocycles. The summed E-state index contributed by atoms with van der Waals surface area (Å²) in [6, 6.07) is 7.91. The number of rotatable bonds is 8. The van der Waals surface area contributed by atoms with E-state index in [9.17, 15) is 4.79 Å². The van der Waals surface area contributed by atoms with Crippen molar-refractivity contribution in [2.75, 3.05) is 13.1 Å². The third-order valence-electron chi connectivity index (χ3n) is 3.50. The molecular formula is C16H25NO2. The normalized spacial score (nSPS) is 12.6. The first kappa shape index (κ1) is 15.7. The summed E-state index contributed by atoms with van der Waals surface area (Å²) in [5.41, 5.74) is 2.11. The van der Waals surface area contributed by atoms with Gasteiger partial charge in [0, 0.05) is 13.1 Å². The molecule has 0 saturated heterocycles. The van der Waals surface area contributed by atoms with Crippen LogP contribution in [0.15, 0.2) is 24.3 Å². The van der Waals surface area contributed by atoms with Gasteiger partial charge in [0.05, 0.1) is 6.42 Å². The van der Waals surface area contributed by atoms with Crippen LogP contribution >= 0.6 is 0 Å². The lowest BCUT2D eigenvalue weighted by Crippen LogP contribution is -2.27. The van der Waals surface area contributed by atoms with Gasteiger partial charge in [-0.2, -0.15) is 0 Å². The lowest BCUT2D eigenvalue weighted by Gasteiger charge is -2.23. The largest absolute Gasteiger partial charge is 0.481 e. The number of carboxylic acid groups (broad SMARTS) is 1. The van der Waals surface area contributed by atoms with E-state index in [2.05, 4.69) is 25.7 Å². The van der Waals surface area contributed by atoms with Gasteiger partial charge in [-0.3, -0.25) is 9.69 Å². The first-order valence-corrected chi connectivity index (χ1v) is 7.07. The molecule has 0 saturated carbocycles. The van der Waals surface area contributed by atoms with E-state index < -0.39 is 5.97 Å². The smallest absolute Gasteiger partial charge is 0.307 e. The van der Waals surface area contributed by atoms with Gasteiger partial charge in [-0.1, -0.05) is 51.5 Å². The van der Waals surface area contributed by atoms with Crippen molar-refractivity contribution >= 4 is 5.97 Å². The molecule has 0 aliphatic heterocycles. The maximum atomic E-state index is 10.6. The average molecular weight is 263 g/mol. The van der Waals surface area contributed by atoms with Crippen molar-refractivity contribution < 1.29 is 9.90 Å². The molecule has 1 aromatic carbocycles. The van der Waals surface area contributed by atoms with Gasteiger partial charge < -0.3 is 5.11 Å². The topological polar surface area (TPSA) is 40.5 Å². The SMILES string of the molecule is CCC(C)CN(CC)Cc1ccc(CC(=O)O)cc1. The number of benzene rings is 1. The van der Waals surface area contributed by atoms with Gasteiger partial charge in [0.15, 0.2) is 0 Å². The van der Waals surface area contributed by atoms with Crippen LogP contribution < -0.4 is 0 Å². The summed E-state index contributed by atoms with van der Waals surface area (Å²) in [5, 5.41) is 8.74. The fraction of sp³-hybridized carbons (Fsp3) is 0.562. The highest BCUT2D eigenvalue weighted by Gasteiger charge is 2.08. The molecule has 0 bridgehead atoms. The molecule has 0 spiro atoms. The zero-order valence-corrected chi connectivity index (χ0v) is 12.2. The van der Waals surface area contributed by atoms with Crippen LogP contribution in [0.25, 0.3) is 0 Å². The van der Waals surface area contributed by atoms with Gasteiger partial charge in [-0.15, -0.1) is 0 Å². The van der Waals surface area contributed by atoms with Crippen LogP contribution in [0.1, 0.15) is 38.3 Å². The summed E-state index contributed by atoms with van der Waals surface area (Å²) >= 11 is 0. The minimum Gasteiger partial charge on any atom is -0.481 e. The van der Waals surface area contributed by atoms with E-state index in [-0.39, 0.29) is 6.42 Å². The van der Waals surface area contributed by atoms with E-state index in [0.29, 0.717) is 5.92 Å². The molecule has 0 heterocycles. The molecule has 0 amide bonds. The van der Waals surface area contributed by atoms with E-state index in [1.807, 2.05) is 24.3 Å². The van der Waals surface area contributed by atoms with Gasteiger partial charge in [0.1, 0.15) is 0 Å². The molecule has 0 aliphatic rings. The monoisotopic (exact) mass is 263 g/mol. The minimum atomic E-state index is -0.778. The quantitative estimate of drug-likeness (QED) is 0.783. The average Bonchev–Trinajstić information content (AvgIpc) is 2.39. The van der Waals surface area contributed by atoms with E-state index in [1.54, 1.807) is 0 Å². The van der Waals surface area contributed by atoms with Crippen LogP contribution in [-0.2, 0) is 17.8 Å². The van der Waals surface area contributed by atoms with Crippen LogP contribution in [0, 0.1) is 5.92 Å². The van der Waals surface area contributed by atoms with Crippen molar-refractivity contribution in [1.82, 2.24) is 4.90 Å². The molecule has 106 valence electrons. The lowest BCUT2D eigenvalue weighted by atomic mass is 10.1. The molecule has 0 fully saturated rings. The molecule has 1 atom stereocenters. The fourth-order valence-corrected chi connectivity index (χ4v) is 2.07. The van der Waals surface area contributed by atoms with E-state index in [1.165, 1.54) is 12.0 Å². The molecule has 3 nitrogen and oxygen atoms in total. The second-order valence-electron chi connectivity index (χ2n) is 5.23. The lowest BCUT2D eigenvalue weighted by molar-refractivity contribution is -0.136. The van der Waals surface area contributed by atoms with Gasteiger partial charge in [0.25, 0.3) is 0 Å². The Morgan fingerprint density at radius 2 is 1.79 bits per heavy atom. The third-order valence-corrected chi connectivity index (χ3v) is 3.50. The predicted octanol–water partition coefficient (Wildman–Crippen LogP) is 3.18. The molecule has 1 aromatic rings. The van der Waals surface area contributed by atoms with Crippen molar-refractivity contribution in [1.29, 1.82) is 0 Å². The second kappa shape index (κ2) is 7.95. The van der Waals surface area contributed by atoms with E-state index in [0.717, 1.165) is 25.2 Å². The maximum absolute atomic E-state index is 10.6. The summed E-state index contributed by atoms with van der Waals surface area (Å²) < 4.78 is 0. The highest BCUT2D eigenvalue weighted by atomic mass is 16.4. The summed E-state index contributed by atoms with van der Waals surface area (Å²) in [4.78, 5) is 13.1. The van der Waals surface area contributed by atoms with Gasteiger partial charge in [-0.25, -0.2) is 0 Å². The zero-order valence-electron chi connectivity index (χ0n) is 12.2. The molecule has 1 unspecified atom stereocenters. The Kier molecular flexibility index (Phi) is 6.57. The maximum Gasteiger partial charge on any atom is 0.307 e. The third kappa shape index (κ3) is 5.88. The molecule has 0 aromatic heterocycles. The fourth-order valence-electron chi connectivity index (χ4n) is 2.07. The van der Waals surface area contributed by atoms with Crippen molar-refractivity contribution in [2.24, 2.45) is 5.92 Å². The molecular weight excluding hydrogens is 238 g/mol. The van der Waals surface area contributed by atoms with Crippen LogP contribution in [0.3, 0.4) is 0 Å². The van der Waals surface area contributed by atoms with Gasteiger partial charge in [-0.05, 0) is 23.6 Å². The Balaban J connectivity index is 2.57. The molecule has 19 heavy (non-hydrogen) atoms.